The van der Waals surface area contributed by atoms with E-state index >= 15 is 0 Å². The fourth-order valence-electron chi connectivity index (χ4n) is 1.50. The normalized spacial score (nSPS) is 10.2. The quantitative estimate of drug-likeness (QED) is 0.876. The summed E-state index contributed by atoms with van der Waals surface area (Å²) in [5, 5.41) is 18.8. The van der Waals surface area contributed by atoms with Crippen LogP contribution in [0.1, 0.15) is 10.5 Å². The third-order valence-corrected chi connectivity index (χ3v) is 2.53. The highest BCUT2D eigenvalue weighted by Crippen LogP contribution is 2.20. The van der Waals surface area contributed by atoms with Crippen LogP contribution in [0.5, 0.6) is 0 Å². The number of carbonyl (C=O) groups excluding carboxylic acids is 1. The molecule has 0 atom stereocenters. The second-order valence-corrected chi connectivity index (χ2v) is 4.06. The number of amides is 1. The van der Waals surface area contributed by atoms with Crippen molar-refractivity contribution in [1.82, 2.24) is 15.4 Å². The summed E-state index contributed by atoms with van der Waals surface area (Å²) in [7, 11) is 0. The molecule has 0 aliphatic rings. The Hall–Kier alpha value is -2.41. The molecular formula is C11H9ClN4O3. The van der Waals surface area contributed by atoms with Gasteiger partial charge in [-0.1, -0.05) is 17.7 Å². The number of hydrogen-bond donors (Lipinski definition) is 2. The topological polar surface area (TPSA) is 99.2 Å². The molecule has 98 valence electrons. The molecule has 0 fully saturated rings. The van der Waals surface area contributed by atoms with Gasteiger partial charge in [-0.15, -0.1) is 0 Å². The van der Waals surface area contributed by atoms with Crippen molar-refractivity contribution in [3.05, 3.63) is 41.2 Å². The molecule has 0 spiro atoms. The number of rotatable bonds is 4. The van der Waals surface area contributed by atoms with E-state index in [4.69, 9.17) is 16.7 Å². The van der Waals surface area contributed by atoms with Gasteiger partial charge in [0, 0.05) is 10.7 Å². The van der Waals surface area contributed by atoms with Crippen molar-refractivity contribution >= 4 is 29.2 Å². The van der Waals surface area contributed by atoms with Gasteiger partial charge in [-0.05, 0) is 18.2 Å². The molecule has 0 unspecified atom stereocenters. The average Bonchev–Trinajstić information content (AvgIpc) is 2.88. The van der Waals surface area contributed by atoms with Gasteiger partial charge in [0.15, 0.2) is 5.69 Å². The number of hydrogen-bond acceptors (Lipinski definition) is 4. The molecule has 0 radical (unpaired) electrons. The molecule has 1 aromatic heterocycles. The Bertz CT molecular complexity index is 600. The smallest absolute Gasteiger partial charge is 0.323 e. The maximum atomic E-state index is 12.2. The van der Waals surface area contributed by atoms with E-state index in [-0.39, 0.29) is 5.69 Å². The fourth-order valence-corrected chi connectivity index (χ4v) is 1.69. The lowest BCUT2D eigenvalue weighted by Crippen LogP contribution is -2.36. The largest absolute Gasteiger partial charge is 0.480 e. The standard InChI is InChI=1S/C11H9ClN4O3/c12-7-2-1-3-8(4-7)16(6-10(17)18)11(19)9-5-13-15-14-9/h1-5H,6H2,(H,17,18)(H,13,14,15). The minimum atomic E-state index is -1.14. The number of carboxylic acid groups (broad SMARTS) is 1. The van der Waals surface area contributed by atoms with E-state index in [0.29, 0.717) is 10.7 Å². The first-order valence-corrected chi connectivity index (χ1v) is 5.60. The van der Waals surface area contributed by atoms with Crippen LogP contribution in [0.3, 0.4) is 0 Å². The first-order chi connectivity index (χ1) is 9.08. The molecule has 1 aromatic carbocycles. The maximum Gasteiger partial charge on any atom is 0.323 e. The molecule has 1 amide bonds. The van der Waals surface area contributed by atoms with Crippen LogP contribution in [0.25, 0.3) is 0 Å². The highest BCUT2D eigenvalue weighted by molar-refractivity contribution is 6.31. The molecule has 0 aliphatic heterocycles. The van der Waals surface area contributed by atoms with Gasteiger partial charge < -0.3 is 5.11 Å². The molecule has 0 bridgehead atoms. The number of aromatic amines is 1. The predicted octanol–water partition coefficient (Wildman–Crippen LogP) is 1.19. The van der Waals surface area contributed by atoms with Crippen LogP contribution < -0.4 is 4.90 Å². The molecule has 2 N–H and O–H groups in total. The molecule has 2 aromatic rings. The average molecular weight is 281 g/mol. The Kier molecular flexibility index (Phi) is 3.76. The number of aliphatic carboxylic acids is 1. The predicted molar refractivity (Wildman–Crippen MR) is 67.1 cm³/mol. The van der Waals surface area contributed by atoms with Gasteiger partial charge in [0.05, 0.1) is 6.20 Å². The van der Waals surface area contributed by atoms with Crippen LogP contribution in [-0.4, -0.2) is 38.9 Å². The second-order valence-electron chi connectivity index (χ2n) is 3.62. The van der Waals surface area contributed by atoms with Gasteiger partial charge in [0.1, 0.15) is 6.54 Å². The summed E-state index contributed by atoms with van der Waals surface area (Å²) in [5.41, 5.74) is 0.407. The second kappa shape index (κ2) is 5.49. The van der Waals surface area contributed by atoms with E-state index < -0.39 is 18.4 Å². The van der Waals surface area contributed by atoms with E-state index in [1.165, 1.54) is 12.3 Å². The number of anilines is 1. The van der Waals surface area contributed by atoms with Crippen molar-refractivity contribution in [2.45, 2.75) is 0 Å². The Morgan fingerprint density at radius 2 is 2.21 bits per heavy atom. The SMILES string of the molecule is O=C(O)CN(C(=O)c1cn[nH]n1)c1cccc(Cl)c1. The van der Waals surface area contributed by atoms with E-state index in [1.807, 2.05) is 0 Å². The van der Waals surface area contributed by atoms with E-state index in [1.54, 1.807) is 18.2 Å². The van der Waals surface area contributed by atoms with E-state index in [9.17, 15) is 9.59 Å². The number of carbonyl (C=O) groups is 2. The van der Waals surface area contributed by atoms with Crippen LogP contribution in [0.4, 0.5) is 5.69 Å². The lowest BCUT2D eigenvalue weighted by molar-refractivity contribution is -0.135. The molecular weight excluding hydrogens is 272 g/mol. The molecule has 19 heavy (non-hydrogen) atoms. The van der Waals surface area contributed by atoms with Crippen LogP contribution in [-0.2, 0) is 4.79 Å². The first-order valence-electron chi connectivity index (χ1n) is 5.23. The minimum Gasteiger partial charge on any atom is -0.480 e. The van der Waals surface area contributed by atoms with Crippen LogP contribution in [0, 0.1) is 0 Å². The Balaban J connectivity index is 2.36. The summed E-state index contributed by atoms with van der Waals surface area (Å²) in [5.74, 6) is -1.71. The lowest BCUT2D eigenvalue weighted by Gasteiger charge is -2.19. The zero-order valence-electron chi connectivity index (χ0n) is 9.58. The Labute approximate surface area is 112 Å². The fraction of sp³-hybridized carbons (Fsp3) is 0.0909. The van der Waals surface area contributed by atoms with Gasteiger partial charge in [0.25, 0.3) is 5.91 Å². The summed E-state index contributed by atoms with van der Waals surface area (Å²) in [6, 6.07) is 6.35. The Morgan fingerprint density at radius 3 is 2.79 bits per heavy atom. The van der Waals surface area contributed by atoms with Gasteiger partial charge in [-0.25, -0.2) is 0 Å². The molecule has 1 heterocycles. The number of H-pyrrole nitrogens is 1. The molecule has 0 saturated carbocycles. The third-order valence-electron chi connectivity index (χ3n) is 2.29. The van der Waals surface area contributed by atoms with Gasteiger partial charge in [-0.3, -0.25) is 14.5 Å². The Morgan fingerprint density at radius 1 is 1.42 bits per heavy atom. The summed E-state index contributed by atoms with van der Waals surface area (Å²) in [6.45, 7) is -0.494. The van der Waals surface area contributed by atoms with Crippen molar-refractivity contribution < 1.29 is 14.7 Å². The monoisotopic (exact) mass is 280 g/mol. The van der Waals surface area contributed by atoms with Crippen LogP contribution in [0.15, 0.2) is 30.5 Å². The van der Waals surface area contributed by atoms with Crippen LogP contribution in [0.2, 0.25) is 5.02 Å². The number of halogens is 1. The third kappa shape index (κ3) is 3.08. The molecule has 0 aliphatic carbocycles. The van der Waals surface area contributed by atoms with Crippen molar-refractivity contribution in [3.63, 3.8) is 0 Å². The first kappa shape index (κ1) is 13.0. The summed E-state index contributed by atoms with van der Waals surface area (Å²) >= 11 is 5.84. The molecule has 2 rings (SSSR count). The summed E-state index contributed by atoms with van der Waals surface area (Å²) in [6.07, 6.45) is 1.22. The highest BCUT2D eigenvalue weighted by atomic mass is 35.5. The van der Waals surface area contributed by atoms with Crippen molar-refractivity contribution in [2.75, 3.05) is 11.4 Å². The maximum absolute atomic E-state index is 12.2. The van der Waals surface area contributed by atoms with E-state index in [0.717, 1.165) is 4.90 Å². The molecule has 0 saturated heterocycles. The molecule has 7 nitrogen and oxygen atoms in total. The number of carboxylic acids is 1. The van der Waals surface area contributed by atoms with Crippen molar-refractivity contribution in [2.24, 2.45) is 0 Å². The number of nitrogens with one attached hydrogen (secondary N) is 1. The van der Waals surface area contributed by atoms with Crippen LogP contribution >= 0.6 is 11.6 Å². The summed E-state index contributed by atoms with van der Waals surface area (Å²) < 4.78 is 0. The van der Waals surface area contributed by atoms with E-state index in [2.05, 4.69) is 15.4 Å². The zero-order valence-corrected chi connectivity index (χ0v) is 10.3. The highest BCUT2D eigenvalue weighted by Gasteiger charge is 2.22. The number of benzene rings is 1. The number of aromatic nitrogens is 3. The van der Waals surface area contributed by atoms with Gasteiger partial charge in [-0.2, -0.15) is 15.4 Å². The molecule has 8 heteroatoms. The summed E-state index contributed by atoms with van der Waals surface area (Å²) in [4.78, 5) is 24.1. The van der Waals surface area contributed by atoms with Gasteiger partial charge >= 0.3 is 5.97 Å². The zero-order chi connectivity index (χ0) is 13.8. The lowest BCUT2D eigenvalue weighted by atomic mass is 10.2. The van der Waals surface area contributed by atoms with Crippen molar-refractivity contribution in [3.8, 4) is 0 Å². The van der Waals surface area contributed by atoms with Crippen molar-refractivity contribution in [1.29, 1.82) is 0 Å². The number of nitrogens with zero attached hydrogens (tertiary/aromatic N) is 3. The van der Waals surface area contributed by atoms with Gasteiger partial charge in [0.2, 0.25) is 0 Å². The minimum absolute atomic E-state index is 0.0289.